The highest BCUT2D eigenvalue weighted by Crippen LogP contribution is 2.35. The van der Waals surface area contributed by atoms with E-state index in [0.29, 0.717) is 5.88 Å². The van der Waals surface area contributed by atoms with E-state index in [0.717, 1.165) is 33.4 Å². The fraction of sp³-hybridized carbons (Fsp3) is 0.167. The van der Waals surface area contributed by atoms with Crippen LogP contribution < -0.4 is 14.2 Å². The van der Waals surface area contributed by atoms with Crippen molar-refractivity contribution < 1.29 is 14.2 Å². The molecule has 0 aliphatic heterocycles. The molecule has 22 heavy (non-hydrogen) atoms. The summed E-state index contributed by atoms with van der Waals surface area (Å²) >= 11 is 0. The Hall–Kier alpha value is -2.75. The molecule has 4 nitrogen and oxygen atoms in total. The van der Waals surface area contributed by atoms with Gasteiger partial charge in [0.05, 0.1) is 21.3 Å². The van der Waals surface area contributed by atoms with Crippen LogP contribution in [0.25, 0.3) is 21.9 Å². The topological polar surface area (TPSA) is 40.6 Å². The highest BCUT2D eigenvalue weighted by atomic mass is 16.5. The van der Waals surface area contributed by atoms with Crippen LogP contribution >= 0.6 is 0 Å². The molecule has 1 aromatic heterocycles. The average Bonchev–Trinajstić information content (AvgIpc) is 2.60. The van der Waals surface area contributed by atoms with Gasteiger partial charge in [0.15, 0.2) is 0 Å². The summed E-state index contributed by atoms with van der Waals surface area (Å²) < 4.78 is 15.9. The van der Waals surface area contributed by atoms with Gasteiger partial charge in [-0.05, 0) is 35.9 Å². The molecule has 0 spiro atoms. The third-order valence-electron chi connectivity index (χ3n) is 3.65. The molecule has 3 aromatic rings. The number of hydrogen-bond donors (Lipinski definition) is 0. The van der Waals surface area contributed by atoms with Gasteiger partial charge in [-0.3, -0.25) is 0 Å². The molecule has 1 heterocycles. The van der Waals surface area contributed by atoms with Crippen molar-refractivity contribution in [3.05, 3.63) is 48.7 Å². The van der Waals surface area contributed by atoms with Crippen molar-refractivity contribution in [3.63, 3.8) is 0 Å². The van der Waals surface area contributed by atoms with Crippen molar-refractivity contribution in [2.45, 2.75) is 0 Å². The molecular weight excluding hydrogens is 278 g/mol. The zero-order valence-corrected chi connectivity index (χ0v) is 12.8. The van der Waals surface area contributed by atoms with Crippen molar-refractivity contribution >= 4 is 10.8 Å². The summed E-state index contributed by atoms with van der Waals surface area (Å²) in [6, 6.07) is 13.8. The fourth-order valence-corrected chi connectivity index (χ4v) is 2.49. The molecule has 0 radical (unpaired) electrons. The monoisotopic (exact) mass is 295 g/mol. The van der Waals surface area contributed by atoms with Gasteiger partial charge < -0.3 is 14.2 Å². The Balaban J connectivity index is 2.23. The Morgan fingerprint density at radius 3 is 2.05 bits per heavy atom. The van der Waals surface area contributed by atoms with Gasteiger partial charge in [0.2, 0.25) is 5.88 Å². The van der Waals surface area contributed by atoms with Crippen LogP contribution in [0.1, 0.15) is 0 Å². The molecule has 0 saturated heterocycles. The lowest BCUT2D eigenvalue weighted by Crippen LogP contribution is -1.93. The lowest BCUT2D eigenvalue weighted by molar-refractivity contribution is 0.403. The molecule has 0 bridgehead atoms. The first-order chi connectivity index (χ1) is 10.8. The molecule has 0 N–H and O–H groups in total. The van der Waals surface area contributed by atoms with Crippen LogP contribution in [0.5, 0.6) is 17.4 Å². The lowest BCUT2D eigenvalue weighted by Gasteiger charge is -2.11. The summed E-state index contributed by atoms with van der Waals surface area (Å²) in [5.74, 6) is 2.23. The smallest absolute Gasteiger partial charge is 0.221 e. The Bertz CT molecular complexity index is 797. The quantitative estimate of drug-likeness (QED) is 0.731. The first-order valence-corrected chi connectivity index (χ1v) is 6.92. The maximum Gasteiger partial charge on any atom is 0.221 e. The minimum absolute atomic E-state index is 0.606. The summed E-state index contributed by atoms with van der Waals surface area (Å²) in [7, 11) is 4.94. The summed E-state index contributed by atoms with van der Waals surface area (Å²) in [6.45, 7) is 0. The van der Waals surface area contributed by atoms with Gasteiger partial charge in [-0.1, -0.05) is 12.1 Å². The van der Waals surface area contributed by atoms with E-state index in [1.54, 1.807) is 21.3 Å². The number of methoxy groups -OCH3 is 3. The van der Waals surface area contributed by atoms with E-state index in [-0.39, 0.29) is 0 Å². The molecule has 0 atom stereocenters. The largest absolute Gasteiger partial charge is 0.497 e. The van der Waals surface area contributed by atoms with Crippen LogP contribution in [-0.2, 0) is 0 Å². The van der Waals surface area contributed by atoms with Gasteiger partial charge in [-0.15, -0.1) is 0 Å². The van der Waals surface area contributed by atoms with Crippen LogP contribution in [0.2, 0.25) is 0 Å². The second-order valence-electron chi connectivity index (χ2n) is 4.82. The van der Waals surface area contributed by atoms with E-state index in [4.69, 9.17) is 14.2 Å². The van der Waals surface area contributed by atoms with E-state index in [2.05, 4.69) is 4.98 Å². The molecule has 0 aliphatic rings. The van der Waals surface area contributed by atoms with Crippen molar-refractivity contribution in [2.24, 2.45) is 0 Å². The second kappa shape index (κ2) is 5.93. The normalized spacial score (nSPS) is 10.5. The second-order valence-corrected chi connectivity index (χ2v) is 4.82. The van der Waals surface area contributed by atoms with E-state index < -0.39 is 0 Å². The molecule has 0 unspecified atom stereocenters. The van der Waals surface area contributed by atoms with Crippen molar-refractivity contribution in [1.82, 2.24) is 4.98 Å². The molecule has 3 rings (SSSR count). The predicted molar refractivity (Wildman–Crippen MR) is 86.8 cm³/mol. The van der Waals surface area contributed by atoms with Crippen LogP contribution in [0, 0.1) is 0 Å². The molecule has 2 aromatic carbocycles. The molecule has 0 saturated carbocycles. The first kappa shape index (κ1) is 14.2. The Labute approximate surface area is 129 Å². The van der Waals surface area contributed by atoms with Crippen LogP contribution in [0.15, 0.2) is 48.7 Å². The van der Waals surface area contributed by atoms with Crippen LogP contribution in [-0.4, -0.2) is 26.3 Å². The fourth-order valence-electron chi connectivity index (χ4n) is 2.49. The van der Waals surface area contributed by atoms with E-state index in [9.17, 15) is 0 Å². The van der Waals surface area contributed by atoms with Gasteiger partial charge >= 0.3 is 0 Å². The van der Waals surface area contributed by atoms with Gasteiger partial charge in [0.1, 0.15) is 11.5 Å². The molecule has 0 amide bonds. The van der Waals surface area contributed by atoms with Crippen molar-refractivity contribution in [2.75, 3.05) is 21.3 Å². The number of nitrogens with zero attached hydrogens (tertiary/aromatic N) is 1. The summed E-state index contributed by atoms with van der Waals surface area (Å²) in [6.07, 6.45) is 1.82. The molecule has 112 valence electrons. The SMILES string of the molecule is COc1ccc(-c2cnc(OC)c3ccc(OC)cc23)cc1. The number of hydrogen-bond acceptors (Lipinski definition) is 4. The van der Waals surface area contributed by atoms with Crippen LogP contribution in [0.3, 0.4) is 0 Å². The molecule has 0 fully saturated rings. The molecule has 4 heteroatoms. The van der Waals surface area contributed by atoms with Crippen molar-refractivity contribution in [1.29, 1.82) is 0 Å². The molecule has 0 aliphatic carbocycles. The minimum Gasteiger partial charge on any atom is -0.497 e. The maximum atomic E-state index is 5.36. The van der Waals surface area contributed by atoms with Crippen molar-refractivity contribution in [3.8, 4) is 28.5 Å². The molecular formula is C18H17NO3. The minimum atomic E-state index is 0.606. The lowest BCUT2D eigenvalue weighted by atomic mass is 10.0. The van der Waals surface area contributed by atoms with Crippen LogP contribution in [0.4, 0.5) is 0 Å². The number of benzene rings is 2. The Kier molecular flexibility index (Phi) is 3.83. The Morgan fingerprint density at radius 2 is 1.41 bits per heavy atom. The van der Waals surface area contributed by atoms with E-state index >= 15 is 0 Å². The third kappa shape index (κ3) is 2.44. The highest BCUT2D eigenvalue weighted by molar-refractivity contribution is 5.99. The average molecular weight is 295 g/mol. The summed E-state index contributed by atoms with van der Waals surface area (Å²) in [5.41, 5.74) is 2.09. The number of fused-ring (bicyclic) bond motifs is 1. The van der Waals surface area contributed by atoms with E-state index in [1.165, 1.54) is 0 Å². The number of ether oxygens (including phenoxy) is 3. The number of rotatable bonds is 4. The Morgan fingerprint density at radius 1 is 0.727 bits per heavy atom. The summed E-state index contributed by atoms with van der Waals surface area (Å²) in [4.78, 5) is 4.41. The predicted octanol–water partition coefficient (Wildman–Crippen LogP) is 3.93. The zero-order chi connectivity index (χ0) is 15.5. The van der Waals surface area contributed by atoms with E-state index in [1.807, 2.05) is 48.7 Å². The zero-order valence-electron chi connectivity index (χ0n) is 12.8. The van der Waals surface area contributed by atoms with Gasteiger partial charge in [0.25, 0.3) is 0 Å². The highest BCUT2D eigenvalue weighted by Gasteiger charge is 2.11. The van der Waals surface area contributed by atoms with Gasteiger partial charge in [-0.2, -0.15) is 0 Å². The standard InChI is InChI=1S/C18H17NO3/c1-20-13-6-4-12(5-7-13)17-11-19-18(22-3)15-9-8-14(21-2)10-16(15)17/h4-11H,1-3H3. The third-order valence-corrected chi connectivity index (χ3v) is 3.65. The first-order valence-electron chi connectivity index (χ1n) is 6.92. The maximum absolute atomic E-state index is 5.36. The summed E-state index contributed by atoms with van der Waals surface area (Å²) in [5, 5.41) is 1.99. The van der Waals surface area contributed by atoms with Gasteiger partial charge in [0, 0.05) is 22.5 Å². The number of pyridine rings is 1. The number of aromatic nitrogens is 1. The van der Waals surface area contributed by atoms with Gasteiger partial charge in [-0.25, -0.2) is 4.98 Å².